The summed E-state index contributed by atoms with van der Waals surface area (Å²) in [4.78, 5) is 28.7. The quantitative estimate of drug-likeness (QED) is 0.337. The summed E-state index contributed by atoms with van der Waals surface area (Å²) >= 11 is 15.9. The molecule has 0 aromatic heterocycles. The molecule has 0 N–H and O–H groups in total. The molecule has 0 saturated heterocycles. The fourth-order valence-electron chi connectivity index (χ4n) is 5.63. The van der Waals surface area contributed by atoms with Crippen LogP contribution in [0.25, 0.3) is 0 Å². The van der Waals surface area contributed by atoms with Crippen molar-refractivity contribution in [3.63, 3.8) is 0 Å². The molecule has 2 aromatic carbocycles. The summed E-state index contributed by atoms with van der Waals surface area (Å²) in [5.41, 5.74) is 5.32. The maximum Gasteiger partial charge on any atom is 0.175 e. The van der Waals surface area contributed by atoms with Crippen LogP contribution in [0.5, 0.6) is 11.5 Å². The van der Waals surface area contributed by atoms with Crippen LogP contribution in [0.3, 0.4) is 0 Å². The summed E-state index contributed by atoms with van der Waals surface area (Å²) < 4.78 is 12.9. The number of ether oxygens (including phenoxy) is 2. The number of hydrogen-bond donors (Lipinski definition) is 0. The molecule has 0 unspecified atom stereocenters. The van der Waals surface area contributed by atoms with E-state index < -0.39 is 5.92 Å². The van der Waals surface area contributed by atoms with E-state index >= 15 is 0 Å². The van der Waals surface area contributed by atoms with Crippen LogP contribution < -0.4 is 9.47 Å². The van der Waals surface area contributed by atoms with E-state index in [0.717, 1.165) is 59.4 Å². The molecule has 1 heterocycles. The lowest BCUT2D eigenvalue weighted by molar-refractivity contribution is -0.117. The average molecular weight is 605 g/mol. The molecule has 37 heavy (non-hydrogen) atoms. The molecule has 5 rings (SSSR count). The summed E-state index contributed by atoms with van der Waals surface area (Å²) in [7, 11) is 2.00. The smallest absolute Gasteiger partial charge is 0.175 e. The highest BCUT2D eigenvalue weighted by molar-refractivity contribution is 9.10. The Kier molecular flexibility index (Phi) is 7.71. The van der Waals surface area contributed by atoms with Crippen molar-refractivity contribution in [3.8, 4) is 11.5 Å². The van der Waals surface area contributed by atoms with Crippen molar-refractivity contribution < 1.29 is 19.1 Å². The molecular weight excluding hydrogens is 577 g/mol. The number of nitrogens with zero attached hydrogens (tertiary/aromatic N) is 1. The van der Waals surface area contributed by atoms with E-state index in [1.54, 1.807) is 12.1 Å². The Hall–Kier alpha value is -2.28. The number of halogens is 3. The van der Waals surface area contributed by atoms with E-state index in [1.165, 1.54) is 0 Å². The number of carbonyl (C=O) groups is 2. The van der Waals surface area contributed by atoms with Crippen LogP contribution in [0.4, 0.5) is 0 Å². The molecule has 0 fully saturated rings. The lowest BCUT2D eigenvalue weighted by Gasteiger charge is -2.42. The molecule has 0 atom stereocenters. The predicted octanol–water partition coefficient (Wildman–Crippen LogP) is 7.78. The van der Waals surface area contributed by atoms with Gasteiger partial charge in [0, 0.05) is 48.3 Å². The van der Waals surface area contributed by atoms with Crippen LogP contribution in [0.1, 0.15) is 62.5 Å². The Labute approximate surface area is 235 Å². The number of ketones is 2. The zero-order chi connectivity index (χ0) is 26.3. The van der Waals surface area contributed by atoms with Crippen LogP contribution in [0.2, 0.25) is 10.0 Å². The van der Waals surface area contributed by atoms with Crippen molar-refractivity contribution in [2.24, 2.45) is 0 Å². The fraction of sp³-hybridized carbons (Fsp3) is 0.379. The minimum atomic E-state index is -0.401. The highest BCUT2D eigenvalue weighted by Crippen LogP contribution is 2.50. The van der Waals surface area contributed by atoms with Gasteiger partial charge in [-0.2, -0.15) is 0 Å². The zero-order valence-electron chi connectivity index (χ0n) is 20.8. The number of Topliss-reactive ketones (excluding diaryl/α,β-unsaturated/α-hetero) is 2. The van der Waals surface area contributed by atoms with Gasteiger partial charge in [0.15, 0.2) is 23.1 Å². The Morgan fingerprint density at radius 2 is 1.57 bits per heavy atom. The van der Waals surface area contributed by atoms with Gasteiger partial charge in [-0.3, -0.25) is 9.59 Å². The number of hydrogen-bond acceptors (Lipinski definition) is 5. The van der Waals surface area contributed by atoms with Crippen LogP contribution >= 0.6 is 39.1 Å². The van der Waals surface area contributed by atoms with Crippen molar-refractivity contribution >= 4 is 50.7 Å². The maximum absolute atomic E-state index is 13.3. The number of allylic oxidation sites excluding steroid dienone is 4. The summed E-state index contributed by atoms with van der Waals surface area (Å²) in [5, 5.41) is 0.952. The normalized spacial score (nSPS) is 18.2. The van der Waals surface area contributed by atoms with Crippen LogP contribution in [-0.4, -0.2) is 30.1 Å². The molecule has 3 aliphatic rings. The highest BCUT2D eigenvalue weighted by Gasteiger charge is 2.42. The van der Waals surface area contributed by atoms with Gasteiger partial charge in [-0.15, -0.1) is 0 Å². The molecule has 0 spiro atoms. The van der Waals surface area contributed by atoms with Crippen molar-refractivity contribution in [1.82, 2.24) is 4.90 Å². The minimum absolute atomic E-state index is 0.122. The Balaban J connectivity index is 1.58. The van der Waals surface area contributed by atoms with Gasteiger partial charge in [0.2, 0.25) is 0 Å². The summed E-state index contributed by atoms with van der Waals surface area (Å²) in [5.74, 6) is 0.954. The third-order valence-corrected chi connectivity index (χ3v) is 8.60. The molecule has 1 aliphatic heterocycles. The van der Waals surface area contributed by atoms with Crippen LogP contribution in [0, 0.1) is 0 Å². The summed E-state index contributed by atoms with van der Waals surface area (Å²) in [6, 6.07) is 9.26. The first-order chi connectivity index (χ1) is 17.8. The van der Waals surface area contributed by atoms with Gasteiger partial charge >= 0.3 is 0 Å². The van der Waals surface area contributed by atoms with Gasteiger partial charge in [-0.1, -0.05) is 29.3 Å². The van der Waals surface area contributed by atoms with Gasteiger partial charge in [0.05, 0.1) is 21.1 Å². The molecule has 5 nitrogen and oxygen atoms in total. The first-order valence-electron chi connectivity index (χ1n) is 12.6. The van der Waals surface area contributed by atoms with E-state index in [9.17, 15) is 9.59 Å². The zero-order valence-corrected chi connectivity index (χ0v) is 23.9. The maximum atomic E-state index is 13.3. The largest absolute Gasteiger partial charge is 0.490 e. The Morgan fingerprint density at radius 1 is 0.919 bits per heavy atom. The minimum Gasteiger partial charge on any atom is -0.490 e. The molecule has 2 aliphatic carbocycles. The second-order valence-corrected chi connectivity index (χ2v) is 11.2. The van der Waals surface area contributed by atoms with E-state index in [1.807, 2.05) is 32.2 Å². The first kappa shape index (κ1) is 26.3. The SMILES string of the molecule is CCOc1cc(C2C3=C(CCCC3=O)N(C)C3=C2C(=O)CCC3)cc(Br)c1OCc1ccc(Cl)c(Cl)c1. The van der Waals surface area contributed by atoms with Crippen molar-refractivity contribution in [3.05, 3.63) is 78.5 Å². The van der Waals surface area contributed by atoms with Crippen LogP contribution in [0.15, 0.2) is 57.3 Å². The summed E-state index contributed by atoms with van der Waals surface area (Å²) in [6.07, 6.45) is 4.35. The second-order valence-electron chi connectivity index (χ2n) is 9.57. The molecule has 8 heteroatoms. The molecule has 0 radical (unpaired) electrons. The number of rotatable bonds is 6. The molecule has 2 aromatic rings. The first-order valence-corrected chi connectivity index (χ1v) is 14.1. The number of benzene rings is 2. The van der Waals surface area contributed by atoms with Gasteiger partial charge < -0.3 is 14.4 Å². The molecule has 0 amide bonds. The topological polar surface area (TPSA) is 55.8 Å². The van der Waals surface area contributed by atoms with Crippen LogP contribution in [-0.2, 0) is 16.2 Å². The van der Waals surface area contributed by atoms with Gasteiger partial charge in [-0.05, 0) is 83.9 Å². The van der Waals surface area contributed by atoms with Gasteiger partial charge in [-0.25, -0.2) is 0 Å². The van der Waals surface area contributed by atoms with Crippen molar-refractivity contribution in [1.29, 1.82) is 0 Å². The molecule has 194 valence electrons. The summed E-state index contributed by atoms with van der Waals surface area (Å²) in [6.45, 7) is 2.62. The lowest BCUT2D eigenvalue weighted by Crippen LogP contribution is -2.37. The molecular formula is C29H28BrCl2NO4. The van der Waals surface area contributed by atoms with E-state index in [4.69, 9.17) is 32.7 Å². The number of carbonyl (C=O) groups excluding carboxylic acids is 2. The van der Waals surface area contributed by atoms with Crippen molar-refractivity contribution in [2.45, 2.75) is 58.0 Å². The highest BCUT2D eigenvalue weighted by atomic mass is 79.9. The molecule has 0 bridgehead atoms. The van der Waals surface area contributed by atoms with E-state index in [2.05, 4.69) is 20.8 Å². The molecule has 0 saturated carbocycles. The third-order valence-electron chi connectivity index (χ3n) is 7.28. The second kappa shape index (κ2) is 10.8. The fourth-order valence-corrected chi connectivity index (χ4v) is 6.52. The Bertz CT molecular complexity index is 1310. The average Bonchev–Trinajstić information content (AvgIpc) is 2.87. The third kappa shape index (κ3) is 4.96. The van der Waals surface area contributed by atoms with Crippen molar-refractivity contribution in [2.75, 3.05) is 13.7 Å². The Morgan fingerprint density at radius 3 is 2.16 bits per heavy atom. The monoisotopic (exact) mass is 603 g/mol. The van der Waals surface area contributed by atoms with Gasteiger partial charge in [0.1, 0.15) is 6.61 Å². The van der Waals surface area contributed by atoms with Gasteiger partial charge in [0.25, 0.3) is 0 Å². The van der Waals surface area contributed by atoms with E-state index in [-0.39, 0.29) is 18.2 Å². The van der Waals surface area contributed by atoms with E-state index in [0.29, 0.717) is 45.5 Å². The standard InChI is InChI=1S/C29H28BrCl2NO4/c1-3-36-25-14-17(13-18(30)29(25)37-15-16-10-11-19(31)20(32)12-16)26-27-21(6-4-8-23(27)34)33(2)22-7-5-9-24(35)28(22)26/h10-14,26H,3-9,15H2,1-2H3. The lowest BCUT2D eigenvalue weighted by atomic mass is 9.71. The predicted molar refractivity (Wildman–Crippen MR) is 148 cm³/mol.